The molecule has 0 saturated heterocycles. The summed E-state index contributed by atoms with van der Waals surface area (Å²) in [6, 6.07) is 7.63. The van der Waals surface area contributed by atoms with Crippen molar-refractivity contribution in [2.45, 2.75) is 12.7 Å². The largest absolute Gasteiger partial charge is 0.416 e. The highest BCUT2D eigenvalue weighted by molar-refractivity contribution is 5.63. The maximum absolute atomic E-state index is 12.8. The number of halogens is 4. The highest BCUT2D eigenvalue weighted by Gasteiger charge is 2.32. The Morgan fingerprint density at radius 1 is 1.09 bits per heavy atom. The van der Waals surface area contributed by atoms with E-state index in [1.807, 2.05) is 0 Å². The minimum Gasteiger partial charge on any atom is -0.375 e. The highest BCUT2D eigenvalue weighted by Crippen LogP contribution is 2.35. The Hall–Kier alpha value is -2.64. The van der Waals surface area contributed by atoms with Crippen molar-refractivity contribution in [1.82, 2.24) is 0 Å². The average molecular weight is 314 g/mol. The molecule has 1 N–H and O–H groups in total. The van der Waals surface area contributed by atoms with Gasteiger partial charge in [0.1, 0.15) is 11.5 Å². The number of nitro benzene ring substituents is 1. The second kappa shape index (κ2) is 6.00. The van der Waals surface area contributed by atoms with E-state index in [2.05, 4.69) is 5.32 Å². The summed E-state index contributed by atoms with van der Waals surface area (Å²) in [4.78, 5) is 10.0. The van der Waals surface area contributed by atoms with Crippen molar-refractivity contribution in [2.75, 3.05) is 5.32 Å². The number of hydrogen-bond acceptors (Lipinski definition) is 3. The molecular formula is C14H10F4N2O2. The van der Waals surface area contributed by atoms with E-state index >= 15 is 0 Å². The fourth-order valence-electron chi connectivity index (χ4n) is 1.81. The zero-order valence-corrected chi connectivity index (χ0v) is 11.0. The van der Waals surface area contributed by atoms with Crippen LogP contribution in [0.2, 0.25) is 0 Å². The zero-order valence-electron chi connectivity index (χ0n) is 11.0. The Kier molecular flexibility index (Phi) is 4.30. The second-order valence-corrected chi connectivity index (χ2v) is 4.47. The average Bonchev–Trinajstić information content (AvgIpc) is 2.45. The van der Waals surface area contributed by atoms with Gasteiger partial charge in [-0.1, -0.05) is 12.1 Å². The Morgan fingerprint density at radius 3 is 2.27 bits per heavy atom. The van der Waals surface area contributed by atoms with Gasteiger partial charge in [-0.15, -0.1) is 0 Å². The van der Waals surface area contributed by atoms with Crippen LogP contribution in [-0.4, -0.2) is 4.92 Å². The van der Waals surface area contributed by atoms with Crippen molar-refractivity contribution in [2.24, 2.45) is 0 Å². The van der Waals surface area contributed by atoms with Crippen LogP contribution in [0.3, 0.4) is 0 Å². The van der Waals surface area contributed by atoms with Gasteiger partial charge in [0.15, 0.2) is 0 Å². The summed E-state index contributed by atoms with van der Waals surface area (Å²) in [6.07, 6.45) is -4.65. The van der Waals surface area contributed by atoms with Crippen LogP contribution in [-0.2, 0) is 12.7 Å². The minimum atomic E-state index is -4.65. The smallest absolute Gasteiger partial charge is 0.375 e. The van der Waals surface area contributed by atoms with Crippen LogP contribution < -0.4 is 5.32 Å². The highest BCUT2D eigenvalue weighted by atomic mass is 19.4. The molecule has 22 heavy (non-hydrogen) atoms. The maximum Gasteiger partial charge on any atom is 0.416 e. The van der Waals surface area contributed by atoms with Crippen molar-refractivity contribution in [3.8, 4) is 0 Å². The number of benzene rings is 2. The maximum atomic E-state index is 12.8. The lowest BCUT2D eigenvalue weighted by atomic mass is 10.1. The van der Waals surface area contributed by atoms with E-state index in [0.29, 0.717) is 11.6 Å². The predicted molar refractivity (Wildman–Crippen MR) is 71.8 cm³/mol. The van der Waals surface area contributed by atoms with Crippen LogP contribution in [0.1, 0.15) is 11.1 Å². The Labute approximate surface area is 122 Å². The summed E-state index contributed by atoms with van der Waals surface area (Å²) in [7, 11) is 0. The third-order valence-corrected chi connectivity index (χ3v) is 2.92. The molecule has 0 atom stereocenters. The van der Waals surface area contributed by atoms with Gasteiger partial charge in [0.05, 0.1) is 10.5 Å². The summed E-state index contributed by atoms with van der Waals surface area (Å²) in [5, 5.41) is 13.6. The molecule has 0 aromatic heterocycles. The van der Waals surface area contributed by atoms with Gasteiger partial charge >= 0.3 is 6.18 Å². The van der Waals surface area contributed by atoms with Crippen molar-refractivity contribution in [1.29, 1.82) is 0 Å². The van der Waals surface area contributed by atoms with E-state index in [1.54, 1.807) is 0 Å². The van der Waals surface area contributed by atoms with E-state index in [4.69, 9.17) is 0 Å². The quantitative estimate of drug-likeness (QED) is 0.518. The number of rotatable bonds is 4. The molecule has 0 fully saturated rings. The summed E-state index contributed by atoms with van der Waals surface area (Å²) in [5.41, 5.74) is -1.17. The molecule has 0 aliphatic rings. The number of hydrogen-bond donors (Lipinski definition) is 1. The van der Waals surface area contributed by atoms with Crippen molar-refractivity contribution in [3.63, 3.8) is 0 Å². The van der Waals surface area contributed by atoms with Crippen molar-refractivity contribution < 1.29 is 22.5 Å². The first kappa shape index (κ1) is 15.7. The number of nitro groups is 1. The van der Waals surface area contributed by atoms with Gasteiger partial charge in [0.25, 0.3) is 5.69 Å². The molecule has 2 aromatic carbocycles. The molecule has 8 heteroatoms. The molecule has 2 rings (SSSR count). The lowest BCUT2D eigenvalue weighted by Crippen LogP contribution is -2.08. The third kappa shape index (κ3) is 3.72. The molecule has 0 aliphatic carbocycles. The van der Waals surface area contributed by atoms with Crippen molar-refractivity contribution in [3.05, 3.63) is 69.5 Å². The first-order valence-electron chi connectivity index (χ1n) is 6.11. The van der Waals surface area contributed by atoms with Crippen LogP contribution in [0.15, 0.2) is 42.5 Å². The normalized spacial score (nSPS) is 11.3. The molecule has 2 aromatic rings. The zero-order chi connectivity index (χ0) is 16.3. The lowest BCUT2D eigenvalue weighted by Gasteiger charge is -2.10. The van der Waals surface area contributed by atoms with Crippen molar-refractivity contribution >= 4 is 11.4 Å². The van der Waals surface area contributed by atoms with E-state index in [-0.39, 0.29) is 12.2 Å². The predicted octanol–water partition coefficient (Wildman–Crippen LogP) is 4.36. The van der Waals surface area contributed by atoms with Crippen LogP contribution in [0, 0.1) is 15.9 Å². The van der Waals surface area contributed by atoms with E-state index in [1.165, 1.54) is 24.3 Å². The summed E-state index contributed by atoms with van der Waals surface area (Å²) < 4.78 is 50.5. The Morgan fingerprint density at radius 2 is 1.73 bits per heavy atom. The first-order valence-corrected chi connectivity index (χ1v) is 6.11. The molecular weight excluding hydrogens is 304 g/mol. The third-order valence-electron chi connectivity index (χ3n) is 2.92. The molecule has 0 bridgehead atoms. The van der Waals surface area contributed by atoms with Gasteiger partial charge in [-0.05, 0) is 29.8 Å². The van der Waals surface area contributed by atoms with Crippen LogP contribution in [0.4, 0.5) is 28.9 Å². The van der Waals surface area contributed by atoms with Crippen LogP contribution in [0.25, 0.3) is 0 Å². The Balaban J connectivity index is 2.23. The van der Waals surface area contributed by atoms with E-state index in [0.717, 1.165) is 12.1 Å². The molecule has 0 unspecified atom stereocenters. The second-order valence-electron chi connectivity index (χ2n) is 4.47. The molecule has 4 nitrogen and oxygen atoms in total. The van der Waals surface area contributed by atoms with Gasteiger partial charge in [-0.2, -0.15) is 13.2 Å². The monoisotopic (exact) mass is 314 g/mol. The topological polar surface area (TPSA) is 55.2 Å². The van der Waals surface area contributed by atoms with E-state index < -0.39 is 28.2 Å². The number of anilines is 1. The molecule has 0 heterocycles. The first-order chi connectivity index (χ1) is 10.3. The molecule has 0 aliphatic heterocycles. The van der Waals surface area contributed by atoms with Crippen LogP contribution >= 0.6 is 0 Å². The standard InChI is InChI=1S/C14H10F4N2O2/c15-11-4-1-9(2-5-11)8-19-12-6-3-10(14(16,17)18)7-13(12)20(21)22/h1-7,19H,8H2. The number of alkyl halides is 3. The minimum absolute atomic E-state index is 0.0395. The van der Waals surface area contributed by atoms with Gasteiger partial charge in [0.2, 0.25) is 0 Å². The molecule has 0 saturated carbocycles. The Bertz CT molecular complexity index is 684. The summed E-state index contributed by atoms with van der Waals surface area (Å²) in [5.74, 6) is -0.427. The molecule has 0 amide bonds. The fraction of sp³-hybridized carbons (Fsp3) is 0.143. The van der Waals surface area contributed by atoms with Gasteiger partial charge in [-0.3, -0.25) is 10.1 Å². The van der Waals surface area contributed by atoms with Crippen LogP contribution in [0.5, 0.6) is 0 Å². The molecule has 0 spiro atoms. The van der Waals surface area contributed by atoms with Gasteiger partial charge in [0, 0.05) is 12.6 Å². The van der Waals surface area contributed by atoms with Gasteiger partial charge in [-0.25, -0.2) is 4.39 Å². The summed E-state index contributed by atoms with van der Waals surface area (Å²) in [6.45, 7) is 0.118. The SMILES string of the molecule is O=[N+]([O-])c1cc(C(F)(F)F)ccc1NCc1ccc(F)cc1. The number of nitrogens with zero attached hydrogens (tertiary/aromatic N) is 1. The van der Waals surface area contributed by atoms with E-state index in [9.17, 15) is 27.7 Å². The number of nitrogens with one attached hydrogen (secondary N) is 1. The fourth-order valence-corrected chi connectivity index (χ4v) is 1.81. The summed E-state index contributed by atoms with van der Waals surface area (Å²) >= 11 is 0. The lowest BCUT2D eigenvalue weighted by molar-refractivity contribution is -0.384. The van der Waals surface area contributed by atoms with Gasteiger partial charge < -0.3 is 5.32 Å². The molecule has 116 valence electrons. The molecule has 0 radical (unpaired) electrons.